The minimum absolute atomic E-state index is 0.747. The van der Waals surface area contributed by atoms with Crippen LogP contribution in [0.1, 0.15) is 50.5 Å². The Morgan fingerprint density at radius 2 is 1.84 bits per heavy atom. The minimum Gasteiger partial charge on any atom is -0.314 e. The van der Waals surface area contributed by atoms with E-state index in [2.05, 4.69) is 24.4 Å². The standard InChI is InChI=1S/C17H24ClN/c1-12-2-3-13(8-12)11-19-17-9-15(10-17)14-4-6-16(18)7-5-14/h4-7,12-13,15,17,19H,2-3,8-11H2,1H3. The van der Waals surface area contributed by atoms with E-state index in [0.29, 0.717) is 0 Å². The summed E-state index contributed by atoms with van der Waals surface area (Å²) < 4.78 is 0. The number of hydrogen-bond donors (Lipinski definition) is 1. The summed E-state index contributed by atoms with van der Waals surface area (Å²) in [5.41, 5.74) is 1.46. The van der Waals surface area contributed by atoms with Crippen LogP contribution in [0, 0.1) is 11.8 Å². The summed E-state index contributed by atoms with van der Waals surface area (Å²) in [6, 6.07) is 9.13. The summed E-state index contributed by atoms with van der Waals surface area (Å²) in [6.07, 6.45) is 6.89. The Hall–Kier alpha value is -0.530. The molecule has 1 aromatic carbocycles. The van der Waals surface area contributed by atoms with Gasteiger partial charge in [0.15, 0.2) is 0 Å². The van der Waals surface area contributed by atoms with E-state index >= 15 is 0 Å². The second-order valence-electron chi connectivity index (χ2n) is 6.61. The molecule has 2 atom stereocenters. The fraction of sp³-hybridized carbons (Fsp3) is 0.647. The largest absolute Gasteiger partial charge is 0.314 e. The number of halogens is 1. The van der Waals surface area contributed by atoms with Crippen LogP contribution >= 0.6 is 11.6 Å². The lowest BCUT2D eigenvalue weighted by Gasteiger charge is -2.37. The lowest BCUT2D eigenvalue weighted by Crippen LogP contribution is -2.41. The second-order valence-corrected chi connectivity index (χ2v) is 7.05. The van der Waals surface area contributed by atoms with Gasteiger partial charge in [0, 0.05) is 11.1 Å². The second kappa shape index (κ2) is 5.85. The molecule has 0 spiro atoms. The molecule has 0 saturated heterocycles. The van der Waals surface area contributed by atoms with Crippen LogP contribution in [0.5, 0.6) is 0 Å². The molecule has 2 aliphatic carbocycles. The summed E-state index contributed by atoms with van der Waals surface area (Å²) in [5.74, 6) is 2.64. The zero-order valence-electron chi connectivity index (χ0n) is 11.7. The Balaban J connectivity index is 1.39. The van der Waals surface area contributed by atoms with Crippen molar-refractivity contribution >= 4 is 11.6 Å². The van der Waals surface area contributed by atoms with E-state index in [1.165, 1.54) is 44.2 Å². The molecule has 0 bridgehead atoms. The Morgan fingerprint density at radius 1 is 1.11 bits per heavy atom. The number of rotatable bonds is 4. The van der Waals surface area contributed by atoms with Crippen LogP contribution in [-0.2, 0) is 0 Å². The van der Waals surface area contributed by atoms with Crippen molar-refractivity contribution in [2.45, 2.75) is 51.0 Å². The topological polar surface area (TPSA) is 12.0 Å². The Bertz CT molecular complexity index is 408. The van der Waals surface area contributed by atoms with Crippen molar-refractivity contribution in [2.75, 3.05) is 6.54 Å². The Morgan fingerprint density at radius 3 is 2.47 bits per heavy atom. The average molecular weight is 278 g/mol. The van der Waals surface area contributed by atoms with Crippen LogP contribution in [0.3, 0.4) is 0 Å². The van der Waals surface area contributed by atoms with Crippen LogP contribution in [-0.4, -0.2) is 12.6 Å². The smallest absolute Gasteiger partial charge is 0.0406 e. The van der Waals surface area contributed by atoms with E-state index in [0.717, 1.165) is 28.8 Å². The van der Waals surface area contributed by atoms with E-state index in [4.69, 9.17) is 11.6 Å². The van der Waals surface area contributed by atoms with Gasteiger partial charge in [-0.1, -0.05) is 37.1 Å². The first kappa shape index (κ1) is 13.5. The van der Waals surface area contributed by atoms with Crippen LogP contribution < -0.4 is 5.32 Å². The first-order valence-electron chi connectivity index (χ1n) is 7.69. The highest BCUT2D eigenvalue weighted by molar-refractivity contribution is 6.30. The highest BCUT2D eigenvalue weighted by Crippen LogP contribution is 2.38. The first-order valence-corrected chi connectivity index (χ1v) is 8.07. The van der Waals surface area contributed by atoms with Gasteiger partial charge in [-0.15, -0.1) is 0 Å². The highest BCUT2D eigenvalue weighted by atomic mass is 35.5. The average Bonchev–Trinajstić information content (AvgIpc) is 2.75. The zero-order valence-corrected chi connectivity index (χ0v) is 12.5. The van der Waals surface area contributed by atoms with Gasteiger partial charge in [0.2, 0.25) is 0 Å². The van der Waals surface area contributed by atoms with E-state index in [1.807, 2.05) is 12.1 Å². The van der Waals surface area contributed by atoms with Crippen molar-refractivity contribution in [2.24, 2.45) is 11.8 Å². The van der Waals surface area contributed by atoms with Crippen LogP contribution in [0.25, 0.3) is 0 Å². The predicted molar refractivity (Wildman–Crippen MR) is 81.7 cm³/mol. The van der Waals surface area contributed by atoms with Crippen LogP contribution in [0.15, 0.2) is 24.3 Å². The monoisotopic (exact) mass is 277 g/mol. The van der Waals surface area contributed by atoms with Crippen molar-refractivity contribution in [1.82, 2.24) is 5.32 Å². The molecular weight excluding hydrogens is 254 g/mol. The maximum atomic E-state index is 5.93. The minimum atomic E-state index is 0.747. The van der Waals surface area contributed by atoms with Gasteiger partial charge in [0.25, 0.3) is 0 Å². The fourth-order valence-corrected chi connectivity index (χ4v) is 3.76. The van der Waals surface area contributed by atoms with E-state index in [1.54, 1.807) is 0 Å². The summed E-state index contributed by atoms with van der Waals surface area (Å²) in [6.45, 7) is 3.63. The van der Waals surface area contributed by atoms with Crippen molar-refractivity contribution in [1.29, 1.82) is 0 Å². The molecule has 1 N–H and O–H groups in total. The van der Waals surface area contributed by atoms with E-state index in [9.17, 15) is 0 Å². The van der Waals surface area contributed by atoms with Gasteiger partial charge in [-0.05, 0) is 67.7 Å². The van der Waals surface area contributed by atoms with Gasteiger partial charge < -0.3 is 5.32 Å². The van der Waals surface area contributed by atoms with E-state index in [-0.39, 0.29) is 0 Å². The lowest BCUT2D eigenvalue weighted by molar-refractivity contribution is 0.275. The summed E-state index contributed by atoms with van der Waals surface area (Å²) in [4.78, 5) is 0. The fourth-order valence-electron chi connectivity index (χ4n) is 3.64. The molecular formula is C17H24ClN. The van der Waals surface area contributed by atoms with Gasteiger partial charge >= 0.3 is 0 Å². The molecule has 19 heavy (non-hydrogen) atoms. The van der Waals surface area contributed by atoms with Crippen molar-refractivity contribution in [3.05, 3.63) is 34.9 Å². The van der Waals surface area contributed by atoms with Gasteiger partial charge in [0.1, 0.15) is 0 Å². The molecule has 2 heteroatoms. The molecule has 1 aromatic rings. The molecule has 0 radical (unpaired) electrons. The molecule has 0 amide bonds. The van der Waals surface area contributed by atoms with Crippen molar-refractivity contribution in [3.8, 4) is 0 Å². The SMILES string of the molecule is CC1CCC(CNC2CC(c3ccc(Cl)cc3)C2)C1. The molecule has 0 heterocycles. The third-order valence-corrected chi connectivity index (χ3v) is 5.23. The van der Waals surface area contributed by atoms with Crippen molar-refractivity contribution < 1.29 is 0 Å². The van der Waals surface area contributed by atoms with Crippen LogP contribution in [0.4, 0.5) is 0 Å². The molecule has 2 aliphatic rings. The van der Waals surface area contributed by atoms with Gasteiger partial charge in [0.05, 0.1) is 0 Å². The van der Waals surface area contributed by atoms with E-state index < -0.39 is 0 Å². The third-order valence-electron chi connectivity index (χ3n) is 4.98. The lowest BCUT2D eigenvalue weighted by atomic mass is 9.76. The summed E-state index contributed by atoms with van der Waals surface area (Å²) >= 11 is 5.93. The molecule has 0 aromatic heterocycles. The normalized spacial score (nSPS) is 34.2. The molecule has 2 unspecified atom stereocenters. The number of nitrogens with one attached hydrogen (secondary N) is 1. The molecule has 3 rings (SSSR count). The predicted octanol–water partition coefficient (Wildman–Crippen LogP) is 4.61. The van der Waals surface area contributed by atoms with Gasteiger partial charge in [-0.3, -0.25) is 0 Å². The summed E-state index contributed by atoms with van der Waals surface area (Å²) in [7, 11) is 0. The summed E-state index contributed by atoms with van der Waals surface area (Å²) in [5, 5.41) is 4.61. The molecule has 1 nitrogen and oxygen atoms in total. The number of hydrogen-bond acceptors (Lipinski definition) is 1. The number of benzene rings is 1. The third kappa shape index (κ3) is 3.32. The maximum absolute atomic E-state index is 5.93. The zero-order chi connectivity index (χ0) is 13.2. The van der Waals surface area contributed by atoms with Crippen molar-refractivity contribution in [3.63, 3.8) is 0 Å². The van der Waals surface area contributed by atoms with Crippen LogP contribution in [0.2, 0.25) is 5.02 Å². The Kier molecular flexibility index (Phi) is 4.14. The molecule has 0 aliphatic heterocycles. The first-order chi connectivity index (χ1) is 9.20. The van der Waals surface area contributed by atoms with Gasteiger partial charge in [-0.2, -0.15) is 0 Å². The van der Waals surface area contributed by atoms with Gasteiger partial charge in [-0.25, -0.2) is 0 Å². The highest BCUT2D eigenvalue weighted by Gasteiger charge is 2.31. The molecule has 104 valence electrons. The maximum Gasteiger partial charge on any atom is 0.0406 e. The molecule has 2 saturated carbocycles. The molecule has 2 fully saturated rings. The Labute approximate surface area is 121 Å². The quantitative estimate of drug-likeness (QED) is 0.847.